The molecular formula is C14H13N3O2. The highest BCUT2D eigenvalue weighted by Gasteiger charge is 2.07. The molecule has 5 nitrogen and oxygen atoms in total. The van der Waals surface area contributed by atoms with Crippen molar-refractivity contribution in [2.75, 3.05) is 5.73 Å². The van der Waals surface area contributed by atoms with E-state index >= 15 is 0 Å². The first-order chi connectivity index (χ1) is 9.04. The minimum atomic E-state index is -0.133. The topological polar surface area (TPSA) is 74.0 Å². The van der Waals surface area contributed by atoms with Gasteiger partial charge in [0.15, 0.2) is 11.5 Å². The Balaban J connectivity index is 2.21. The number of benzene rings is 1. The summed E-state index contributed by atoms with van der Waals surface area (Å²) in [6, 6.07) is 8.96. The Morgan fingerprint density at radius 2 is 2.00 bits per heavy atom. The van der Waals surface area contributed by atoms with Crippen LogP contribution in [0.3, 0.4) is 0 Å². The van der Waals surface area contributed by atoms with Gasteiger partial charge in [-0.15, -0.1) is 0 Å². The van der Waals surface area contributed by atoms with E-state index in [4.69, 9.17) is 10.2 Å². The number of oxazole rings is 1. The summed E-state index contributed by atoms with van der Waals surface area (Å²) in [5, 5.41) is 0. The van der Waals surface area contributed by atoms with Crippen molar-refractivity contribution in [2.45, 2.75) is 6.92 Å². The van der Waals surface area contributed by atoms with Crippen molar-refractivity contribution in [3.8, 4) is 11.1 Å². The average Bonchev–Trinajstić information content (AvgIpc) is 2.74. The number of aryl methyl sites for hydroxylation is 1. The number of hydrogen-bond donors (Lipinski definition) is 1. The maximum atomic E-state index is 11.8. The molecule has 0 saturated carbocycles. The van der Waals surface area contributed by atoms with Gasteiger partial charge in [-0.25, -0.2) is 4.98 Å². The molecule has 3 aromatic rings. The Hall–Kier alpha value is -2.56. The predicted molar refractivity (Wildman–Crippen MR) is 73.8 cm³/mol. The van der Waals surface area contributed by atoms with Crippen LogP contribution in [-0.2, 0) is 7.05 Å². The smallest absolute Gasteiger partial charge is 0.252 e. The average molecular weight is 255 g/mol. The maximum absolute atomic E-state index is 11.8. The fraction of sp³-hybridized carbons (Fsp3) is 0.143. The summed E-state index contributed by atoms with van der Waals surface area (Å²) in [7, 11) is 1.64. The molecule has 2 N–H and O–H groups in total. The Morgan fingerprint density at radius 1 is 1.21 bits per heavy atom. The van der Waals surface area contributed by atoms with Crippen LogP contribution >= 0.6 is 0 Å². The van der Waals surface area contributed by atoms with Crippen LogP contribution in [0.4, 0.5) is 5.82 Å². The predicted octanol–water partition coefficient (Wildman–Crippen LogP) is 2.08. The van der Waals surface area contributed by atoms with E-state index in [1.54, 1.807) is 26.1 Å². The lowest BCUT2D eigenvalue weighted by Crippen LogP contribution is -2.18. The maximum Gasteiger partial charge on any atom is 0.252 e. The van der Waals surface area contributed by atoms with Crippen molar-refractivity contribution in [3.63, 3.8) is 0 Å². The van der Waals surface area contributed by atoms with E-state index in [1.807, 2.05) is 18.2 Å². The molecule has 0 atom stereocenters. The van der Waals surface area contributed by atoms with Crippen molar-refractivity contribution >= 4 is 16.9 Å². The molecule has 2 heterocycles. The highest BCUT2D eigenvalue weighted by molar-refractivity contribution is 5.80. The summed E-state index contributed by atoms with van der Waals surface area (Å²) in [5.74, 6) is 1.05. The Kier molecular flexibility index (Phi) is 2.41. The highest BCUT2D eigenvalue weighted by Crippen LogP contribution is 2.24. The largest absolute Gasteiger partial charge is 0.441 e. The molecule has 0 radical (unpaired) electrons. The molecule has 0 spiro atoms. The molecule has 0 aliphatic carbocycles. The summed E-state index contributed by atoms with van der Waals surface area (Å²) in [6.07, 6.45) is 0. The molecule has 0 aliphatic rings. The van der Waals surface area contributed by atoms with Crippen LogP contribution in [0.1, 0.15) is 5.89 Å². The Bertz CT molecular complexity index is 830. The zero-order valence-corrected chi connectivity index (χ0v) is 10.7. The van der Waals surface area contributed by atoms with Crippen LogP contribution < -0.4 is 11.3 Å². The van der Waals surface area contributed by atoms with Gasteiger partial charge in [0.05, 0.1) is 0 Å². The van der Waals surface area contributed by atoms with Gasteiger partial charge in [-0.1, -0.05) is 6.07 Å². The summed E-state index contributed by atoms with van der Waals surface area (Å²) in [4.78, 5) is 16.0. The highest BCUT2D eigenvalue weighted by atomic mass is 16.3. The van der Waals surface area contributed by atoms with Gasteiger partial charge >= 0.3 is 0 Å². The van der Waals surface area contributed by atoms with Crippen LogP contribution in [-0.4, -0.2) is 9.55 Å². The van der Waals surface area contributed by atoms with Crippen LogP contribution in [0, 0.1) is 6.92 Å². The van der Waals surface area contributed by atoms with E-state index in [2.05, 4.69) is 4.98 Å². The number of rotatable bonds is 1. The summed E-state index contributed by atoms with van der Waals surface area (Å²) < 4.78 is 6.83. The van der Waals surface area contributed by atoms with Crippen molar-refractivity contribution < 1.29 is 4.42 Å². The molecule has 0 fully saturated rings. The quantitative estimate of drug-likeness (QED) is 0.722. The molecule has 5 heteroatoms. The molecular weight excluding hydrogens is 242 g/mol. The first-order valence-electron chi connectivity index (χ1n) is 5.89. The SMILES string of the molecule is Cc1nc2cc(-c3cc(N)n(C)c(=O)c3)ccc2o1. The van der Waals surface area contributed by atoms with Gasteiger partial charge in [0.2, 0.25) is 0 Å². The van der Waals surface area contributed by atoms with Crippen molar-refractivity contribution in [1.82, 2.24) is 9.55 Å². The van der Waals surface area contributed by atoms with Crippen LogP contribution in [0.2, 0.25) is 0 Å². The summed E-state index contributed by atoms with van der Waals surface area (Å²) in [5.41, 5.74) is 8.85. The number of pyridine rings is 1. The standard InChI is InChI=1S/C14H13N3O2/c1-8-16-11-5-9(3-4-12(11)19-8)10-6-13(15)17(2)14(18)7-10/h3-7H,15H2,1-2H3. The van der Waals surface area contributed by atoms with E-state index in [9.17, 15) is 4.79 Å². The van der Waals surface area contributed by atoms with E-state index in [-0.39, 0.29) is 5.56 Å². The number of nitrogens with zero attached hydrogens (tertiary/aromatic N) is 2. The third kappa shape index (κ3) is 1.89. The Labute approximate surface area is 109 Å². The Morgan fingerprint density at radius 3 is 2.74 bits per heavy atom. The molecule has 0 aliphatic heterocycles. The number of nitrogens with two attached hydrogens (primary N) is 1. The number of fused-ring (bicyclic) bond motifs is 1. The molecule has 2 aromatic heterocycles. The van der Waals surface area contributed by atoms with Gasteiger partial charge in [0.1, 0.15) is 11.3 Å². The van der Waals surface area contributed by atoms with Gasteiger partial charge in [0.25, 0.3) is 5.56 Å². The van der Waals surface area contributed by atoms with Gasteiger partial charge < -0.3 is 10.2 Å². The summed E-state index contributed by atoms with van der Waals surface area (Å²) >= 11 is 0. The van der Waals surface area contributed by atoms with Crippen molar-refractivity contribution in [2.24, 2.45) is 7.05 Å². The van der Waals surface area contributed by atoms with E-state index in [0.717, 1.165) is 22.2 Å². The van der Waals surface area contributed by atoms with E-state index < -0.39 is 0 Å². The molecule has 19 heavy (non-hydrogen) atoms. The van der Waals surface area contributed by atoms with Gasteiger partial charge in [-0.2, -0.15) is 0 Å². The zero-order valence-electron chi connectivity index (χ0n) is 10.7. The fourth-order valence-electron chi connectivity index (χ4n) is 2.04. The van der Waals surface area contributed by atoms with Gasteiger partial charge in [-0.3, -0.25) is 9.36 Å². The first kappa shape index (κ1) is 11.5. The molecule has 1 aromatic carbocycles. The third-order valence-corrected chi connectivity index (χ3v) is 3.13. The molecule has 3 rings (SSSR count). The second-order valence-electron chi connectivity index (χ2n) is 4.48. The number of nitrogen functional groups attached to an aromatic ring is 1. The molecule has 0 saturated heterocycles. The second-order valence-corrected chi connectivity index (χ2v) is 4.48. The normalized spacial score (nSPS) is 11.1. The second kappa shape index (κ2) is 3.98. The van der Waals surface area contributed by atoms with E-state index in [1.165, 1.54) is 4.57 Å². The number of hydrogen-bond acceptors (Lipinski definition) is 4. The molecule has 0 bridgehead atoms. The number of aromatic nitrogens is 2. The lowest BCUT2D eigenvalue weighted by molar-refractivity contribution is 0.561. The lowest BCUT2D eigenvalue weighted by Gasteiger charge is -2.06. The molecule has 0 unspecified atom stereocenters. The van der Waals surface area contributed by atoms with E-state index in [0.29, 0.717) is 11.7 Å². The number of anilines is 1. The third-order valence-electron chi connectivity index (χ3n) is 3.13. The van der Waals surface area contributed by atoms with Crippen LogP contribution in [0.5, 0.6) is 0 Å². The first-order valence-corrected chi connectivity index (χ1v) is 5.89. The summed E-state index contributed by atoms with van der Waals surface area (Å²) in [6.45, 7) is 1.80. The molecule has 0 amide bonds. The minimum Gasteiger partial charge on any atom is -0.441 e. The van der Waals surface area contributed by atoms with Gasteiger partial charge in [-0.05, 0) is 29.3 Å². The zero-order chi connectivity index (χ0) is 13.6. The lowest BCUT2D eigenvalue weighted by atomic mass is 10.1. The monoisotopic (exact) mass is 255 g/mol. The van der Waals surface area contributed by atoms with Crippen molar-refractivity contribution in [3.05, 3.63) is 46.6 Å². The molecule has 96 valence electrons. The van der Waals surface area contributed by atoms with Crippen LogP contribution in [0.25, 0.3) is 22.2 Å². The van der Waals surface area contributed by atoms with Gasteiger partial charge in [0, 0.05) is 20.0 Å². The van der Waals surface area contributed by atoms with Crippen molar-refractivity contribution in [1.29, 1.82) is 0 Å². The fourth-order valence-corrected chi connectivity index (χ4v) is 2.04. The minimum absolute atomic E-state index is 0.133. The van der Waals surface area contributed by atoms with Crippen LogP contribution in [0.15, 0.2) is 39.5 Å².